The summed E-state index contributed by atoms with van der Waals surface area (Å²) in [6.45, 7) is 6.27. The van der Waals surface area contributed by atoms with E-state index in [4.69, 9.17) is 4.74 Å². The van der Waals surface area contributed by atoms with Gasteiger partial charge in [0.2, 0.25) is 15.9 Å². The minimum Gasteiger partial charge on any atom is -0.492 e. The van der Waals surface area contributed by atoms with Crippen LogP contribution >= 0.6 is 0 Å². The van der Waals surface area contributed by atoms with E-state index >= 15 is 0 Å². The Morgan fingerprint density at radius 2 is 1.69 bits per heavy atom. The van der Waals surface area contributed by atoms with Crippen LogP contribution in [-0.2, 0) is 14.8 Å². The highest BCUT2D eigenvalue weighted by molar-refractivity contribution is 7.89. The summed E-state index contributed by atoms with van der Waals surface area (Å²) < 4.78 is 32.6. The average Bonchev–Trinajstić information content (AvgIpc) is 2.70. The highest BCUT2D eigenvalue weighted by Gasteiger charge is 2.29. The molecular weight excluding hydrogens is 390 g/mol. The summed E-state index contributed by atoms with van der Waals surface area (Å²) in [5, 5.41) is 2.88. The number of aryl methyl sites for hydroxylation is 1. The van der Waals surface area contributed by atoms with Crippen LogP contribution in [0.3, 0.4) is 0 Å². The van der Waals surface area contributed by atoms with E-state index in [0.29, 0.717) is 49.1 Å². The van der Waals surface area contributed by atoms with Gasteiger partial charge in [-0.15, -0.1) is 0 Å². The van der Waals surface area contributed by atoms with Gasteiger partial charge in [0.05, 0.1) is 23.7 Å². The second kappa shape index (κ2) is 9.39. The van der Waals surface area contributed by atoms with Crippen molar-refractivity contribution in [2.75, 3.05) is 44.6 Å². The summed E-state index contributed by atoms with van der Waals surface area (Å²) in [5.74, 6) is 0.490. The topological polar surface area (TPSA) is 79.0 Å². The van der Waals surface area contributed by atoms with Gasteiger partial charge in [0.25, 0.3) is 0 Å². The van der Waals surface area contributed by atoms with Gasteiger partial charge >= 0.3 is 0 Å². The maximum absolute atomic E-state index is 12.8. The van der Waals surface area contributed by atoms with Crippen LogP contribution in [0.2, 0.25) is 0 Å². The predicted octanol–water partition coefficient (Wildman–Crippen LogP) is 2.34. The van der Waals surface area contributed by atoms with Gasteiger partial charge in [-0.1, -0.05) is 29.8 Å². The molecule has 0 aromatic heterocycles. The molecule has 1 amide bonds. The highest BCUT2D eigenvalue weighted by Crippen LogP contribution is 2.23. The summed E-state index contributed by atoms with van der Waals surface area (Å²) in [6.07, 6.45) is 0. The Morgan fingerprint density at radius 3 is 2.34 bits per heavy atom. The Morgan fingerprint density at radius 1 is 1.03 bits per heavy atom. The number of carbonyl (C=O) groups is 1. The fraction of sp³-hybridized carbons (Fsp3) is 0.381. The molecule has 1 heterocycles. The van der Waals surface area contributed by atoms with E-state index in [1.54, 1.807) is 30.3 Å². The van der Waals surface area contributed by atoms with Crippen molar-refractivity contribution in [3.05, 3.63) is 54.1 Å². The maximum atomic E-state index is 12.8. The minimum absolute atomic E-state index is 0.146. The lowest BCUT2D eigenvalue weighted by molar-refractivity contribution is -0.117. The number of hydrogen-bond acceptors (Lipinski definition) is 5. The zero-order valence-corrected chi connectivity index (χ0v) is 17.6. The van der Waals surface area contributed by atoms with Crippen molar-refractivity contribution in [2.45, 2.75) is 18.7 Å². The van der Waals surface area contributed by atoms with Gasteiger partial charge in [0, 0.05) is 26.2 Å². The molecule has 0 aliphatic carbocycles. The Labute approximate surface area is 172 Å². The maximum Gasteiger partial charge on any atom is 0.243 e. The molecule has 3 rings (SSSR count). The fourth-order valence-corrected chi connectivity index (χ4v) is 4.65. The summed E-state index contributed by atoms with van der Waals surface area (Å²) in [5.41, 5.74) is 1.66. The molecule has 1 aliphatic heterocycles. The number of amides is 1. The van der Waals surface area contributed by atoms with Crippen LogP contribution in [0.25, 0.3) is 0 Å². The average molecular weight is 418 g/mol. The monoisotopic (exact) mass is 417 g/mol. The van der Waals surface area contributed by atoms with E-state index in [1.165, 1.54) is 4.31 Å². The number of ether oxygens (including phenoxy) is 1. The molecule has 0 bridgehead atoms. The van der Waals surface area contributed by atoms with Crippen molar-refractivity contribution in [1.82, 2.24) is 9.21 Å². The molecule has 0 saturated carbocycles. The van der Waals surface area contributed by atoms with Crippen LogP contribution < -0.4 is 10.1 Å². The molecule has 8 heteroatoms. The van der Waals surface area contributed by atoms with Crippen molar-refractivity contribution < 1.29 is 17.9 Å². The van der Waals surface area contributed by atoms with Crippen molar-refractivity contribution in [3.8, 4) is 5.75 Å². The first kappa shape index (κ1) is 21.3. The molecule has 1 aliphatic rings. The van der Waals surface area contributed by atoms with Crippen molar-refractivity contribution in [3.63, 3.8) is 0 Å². The quantitative estimate of drug-likeness (QED) is 0.748. The highest BCUT2D eigenvalue weighted by atomic mass is 32.2. The molecular formula is C21H27N3O4S. The SMILES string of the molecule is CCOc1ccccc1NC(=O)CN1CCN(S(=O)(=O)c2ccc(C)cc2)CC1. The number of nitrogens with one attached hydrogen (secondary N) is 1. The molecule has 0 spiro atoms. The standard InChI is InChI=1S/C21H27N3O4S/c1-3-28-20-7-5-4-6-19(20)22-21(25)16-23-12-14-24(15-13-23)29(26,27)18-10-8-17(2)9-11-18/h4-11H,3,12-16H2,1-2H3,(H,22,25). The van der Waals surface area contributed by atoms with Crippen LogP contribution in [0.5, 0.6) is 5.75 Å². The lowest BCUT2D eigenvalue weighted by atomic mass is 10.2. The van der Waals surface area contributed by atoms with Gasteiger partial charge in [0.15, 0.2) is 0 Å². The molecule has 29 heavy (non-hydrogen) atoms. The minimum atomic E-state index is -3.50. The third kappa shape index (κ3) is 5.35. The van der Waals surface area contributed by atoms with Crippen LogP contribution in [0, 0.1) is 6.92 Å². The fourth-order valence-electron chi connectivity index (χ4n) is 3.23. The summed E-state index contributed by atoms with van der Waals surface area (Å²) in [4.78, 5) is 14.7. The van der Waals surface area contributed by atoms with Crippen LogP contribution in [0.15, 0.2) is 53.4 Å². The second-order valence-electron chi connectivity index (χ2n) is 6.97. The van der Waals surface area contributed by atoms with E-state index in [9.17, 15) is 13.2 Å². The second-order valence-corrected chi connectivity index (χ2v) is 8.91. The number of carbonyl (C=O) groups excluding carboxylic acids is 1. The smallest absolute Gasteiger partial charge is 0.243 e. The van der Waals surface area contributed by atoms with Crippen molar-refractivity contribution in [1.29, 1.82) is 0 Å². The van der Waals surface area contributed by atoms with Crippen LogP contribution in [-0.4, -0.2) is 62.9 Å². The van der Waals surface area contributed by atoms with E-state index in [2.05, 4.69) is 5.32 Å². The number of anilines is 1. The van der Waals surface area contributed by atoms with Crippen molar-refractivity contribution in [2.24, 2.45) is 0 Å². The molecule has 1 N–H and O–H groups in total. The summed E-state index contributed by atoms with van der Waals surface area (Å²) in [7, 11) is -3.50. The first-order chi connectivity index (χ1) is 13.9. The normalized spacial score (nSPS) is 15.8. The van der Waals surface area contributed by atoms with E-state index in [0.717, 1.165) is 5.56 Å². The van der Waals surface area contributed by atoms with Crippen LogP contribution in [0.4, 0.5) is 5.69 Å². The Bertz CT molecular complexity index is 937. The van der Waals surface area contributed by atoms with Crippen molar-refractivity contribution >= 4 is 21.6 Å². The van der Waals surface area contributed by atoms with Gasteiger partial charge in [-0.2, -0.15) is 4.31 Å². The number of piperazine rings is 1. The molecule has 0 atom stereocenters. The number of nitrogens with zero attached hydrogens (tertiary/aromatic N) is 2. The van der Waals surface area contributed by atoms with Gasteiger partial charge in [0.1, 0.15) is 5.75 Å². The first-order valence-corrected chi connectivity index (χ1v) is 11.1. The number of para-hydroxylation sites is 2. The molecule has 0 unspecified atom stereocenters. The molecule has 0 radical (unpaired) electrons. The van der Waals surface area contributed by atoms with Gasteiger partial charge in [-0.3, -0.25) is 9.69 Å². The zero-order chi connectivity index (χ0) is 20.9. The largest absolute Gasteiger partial charge is 0.492 e. The predicted molar refractivity (Wildman–Crippen MR) is 113 cm³/mol. The van der Waals surface area contributed by atoms with Crippen LogP contribution in [0.1, 0.15) is 12.5 Å². The molecule has 2 aromatic carbocycles. The zero-order valence-electron chi connectivity index (χ0n) is 16.8. The third-order valence-corrected chi connectivity index (χ3v) is 6.73. The number of hydrogen-bond donors (Lipinski definition) is 1. The number of sulfonamides is 1. The molecule has 2 aromatic rings. The molecule has 1 fully saturated rings. The lowest BCUT2D eigenvalue weighted by Gasteiger charge is -2.33. The lowest BCUT2D eigenvalue weighted by Crippen LogP contribution is -2.50. The number of rotatable bonds is 7. The van der Waals surface area contributed by atoms with Gasteiger partial charge in [-0.25, -0.2) is 8.42 Å². The summed E-state index contributed by atoms with van der Waals surface area (Å²) in [6, 6.07) is 14.2. The van der Waals surface area contributed by atoms with E-state index in [1.807, 2.05) is 36.9 Å². The Hall–Kier alpha value is -2.42. The first-order valence-electron chi connectivity index (χ1n) is 9.71. The molecule has 1 saturated heterocycles. The third-order valence-electron chi connectivity index (χ3n) is 4.82. The van der Waals surface area contributed by atoms with Gasteiger partial charge in [-0.05, 0) is 38.1 Å². The van der Waals surface area contributed by atoms with E-state index < -0.39 is 10.0 Å². The molecule has 7 nitrogen and oxygen atoms in total. The van der Waals surface area contributed by atoms with Gasteiger partial charge < -0.3 is 10.1 Å². The summed E-state index contributed by atoms with van der Waals surface area (Å²) >= 11 is 0. The Balaban J connectivity index is 1.54. The molecule has 156 valence electrons. The van der Waals surface area contributed by atoms with E-state index in [-0.39, 0.29) is 12.5 Å². The Kier molecular flexibility index (Phi) is 6.89. The number of benzene rings is 2.